The third-order valence-electron chi connectivity index (χ3n) is 2.24. The molecule has 0 atom stereocenters. The fraction of sp³-hybridized carbons (Fsp3) is 0.100. The molecule has 88 valence electrons. The first kappa shape index (κ1) is 11.5. The first-order chi connectivity index (χ1) is 8.00. The topological polar surface area (TPSA) is 68.0 Å². The van der Waals surface area contributed by atoms with Crippen LogP contribution in [0.1, 0.15) is 16.2 Å². The van der Waals surface area contributed by atoms with Crippen LogP contribution in [0.5, 0.6) is 0 Å². The number of carboxylic acid groups (broad SMARTS) is 1. The summed E-state index contributed by atoms with van der Waals surface area (Å²) in [6, 6.07) is 4.02. The zero-order chi connectivity index (χ0) is 12.6. The number of aromatic nitrogens is 3. The van der Waals surface area contributed by atoms with E-state index in [1.165, 1.54) is 19.1 Å². The average molecular weight is 256 g/mol. The van der Waals surface area contributed by atoms with E-state index in [2.05, 4.69) is 10.3 Å². The number of benzene rings is 1. The van der Waals surface area contributed by atoms with Crippen molar-refractivity contribution in [2.24, 2.45) is 0 Å². The minimum Gasteiger partial charge on any atom is -0.476 e. The number of rotatable bonds is 2. The Hall–Kier alpha value is -1.95. The second-order valence-electron chi connectivity index (χ2n) is 3.34. The Kier molecular flexibility index (Phi) is 2.81. The van der Waals surface area contributed by atoms with Crippen molar-refractivity contribution in [2.75, 3.05) is 0 Å². The molecule has 1 heterocycles. The Labute approximate surface area is 100 Å². The average Bonchev–Trinajstić information content (AvgIpc) is 2.60. The summed E-state index contributed by atoms with van der Waals surface area (Å²) in [5, 5.41) is 16.1. The number of hydrogen-bond acceptors (Lipinski definition) is 3. The summed E-state index contributed by atoms with van der Waals surface area (Å²) in [4.78, 5) is 10.8. The lowest BCUT2D eigenvalue weighted by molar-refractivity contribution is 0.0689. The molecule has 0 radical (unpaired) electrons. The fourth-order valence-electron chi connectivity index (χ4n) is 1.41. The van der Waals surface area contributed by atoms with E-state index >= 15 is 0 Å². The Morgan fingerprint density at radius 3 is 2.76 bits per heavy atom. The molecular weight excluding hydrogens is 249 g/mol. The van der Waals surface area contributed by atoms with Gasteiger partial charge in [-0.2, -0.15) is 0 Å². The van der Waals surface area contributed by atoms with Crippen LogP contribution >= 0.6 is 11.6 Å². The molecule has 2 aromatic rings. The van der Waals surface area contributed by atoms with Crippen molar-refractivity contribution in [1.29, 1.82) is 0 Å². The highest BCUT2D eigenvalue weighted by atomic mass is 35.5. The number of hydrogen-bond donors (Lipinski definition) is 1. The molecule has 7 heteroatoms. The molecule has 1 aromatic heterocycles. The van der Waals surface area contributed by atoms with Crippen molar-refractivity contribution < 1.29 is 14.3 Å². The third kappa shape index (κ3) is 1.99. The van der Waals surface area contributed by atoms with E-state index in [-0.39, 0.29) is 22.1 Å². The molecule has 0 saturated heterocycles. The third-order valence-corrected chi connectivity index (χ3v) is 2.47. The largest absolute Gasteiger partial charge is 0.476 e. The van der Waals surface area contributed by atoms with E-state index in [4.69, 9.17) is 16.7 Å². The standard InChI is InChI=1S/C10H7ClFN3O2/c1-5-9(10(16)17)13-14-15(5)8-3-2-6(11)4-7(8)12/h2-4H,1H3,(H,16,17). The molecule has 0 spiro atoms. The highest BCUT2D eigenvalue weighted by molar-refractivity contribution is 6.30. The zero-order valence-corrected chi connectivity index (χ0v) is 9.44. The van der Waals surface area contributed by atoms with Gasteiger partial charge in [-0.05, 0) is 25.1 Å². The van der Waals surface area contributed by atoms with Gasteiger partial charge in [0.25, 0.3) is 0 Å². The van der Waals surface area contributed by atoms with Gasteiger partial charge in [-0.3, -0.25) is 0 Å². The van der Waals surface area contributed by atoms with E-state index < -0.39 is 11.8 Å². The molecule has 0 fully saturated rings. The predicted octanol–water partition coefficient (Wildman–Crippen LogP) is 2.07. The maximum atomic E-state index is 13.6. The van der Waals surface area contributed by atoms with Gasteiger partial charge >= 0.3 is 5.97 Å². The van der Waals surface area contributed by atoms with E-state index in [9.17, 15) is 9.18 Å². The van der Waals surface area contributed by atoms with Crippen LogP contribution < -0.4 is 0 Å². The van der Waals surface area contributed by atoms with Crippen molar-refractivity contribution in [3.8, 4) is 5.69 Å². The smallest absolute Gasteiger partial charge is 0.358 e. The summed E-state index contributed by atoms with van der Waals surface area (Å²) in [5.41, 5.74) is 0.143. The minimum atomic E-state index is -1.21. The molecule has 0 amide bonds. The molecule has 1 N–H and O–H groups in total. The minimum absolute atomic E-state index is 0.104. The molecule has 0 aliphatic rings. The maximum Gasteiger partial charge on any atom is 0.358 e. The molecule has 0 aliphatic heterocycles. The molecule has 1 aromatic carbocycles. The van der Waals surface area contributed by atoms with Crippen LogP contribution in [0.25, 0.3) is 5.69 Å². The zero-order valence-electron chi connectivity index (χ0n) is 8.69. The van der Waals surface area contributed by atoms with Gasteiger partial charge in [0.2, 0.25) is 0 Å². The molecule has 2 rings (SSSR count). The van der Waals surface area contributed by atoms with Crippen molar-refractivity contribution in [3.05, 3.63) is 40.4 Å². The lowest BCUT2D eigenvalue weighted by atomic mass is 10.3. The lowest BCUT2D eigenvalue weighted by Gasteiger charge is -2.04. The Morgan fingerprint density at radius 2 is 2.24 bits per heavy atom. The number of carboxylic acids is 1. The molecular formula is C10H7ClFN3O2. The normalized spacial score (nSPS) is 10.5. The van der Waals surface area contributed by atoms with Crippen LogP contribution in [0, 0.1) is 12.7 Å². The summed E-state index contributed by atoms with van der Waals surface area (Å²) in [6.07, 6.45) is 0. The van der Waals surface area contributed by atoms with Crippen molar-refractivity contribution in [1.82, 2.24) is 15.0 Å². The predicted molar refractivity (Wildman–Crippen MR) is 58.0 cm³/mol. The van der Waals surface area contributed by atoms with Crippen molar-refractivity contribution in [3.63, 3.8) is 0 Å². The van der Waals surface area contributed by atoms with Gasteiger partial charge in [-0.15, -0.1) is 5.10 Å². The quantitative estimate of drug-likeness (QED) is 0.892. The van der Waals surface area contributed by atoms with Gasteiger partial charge in [-0.25, -0.2) is 13.9 Å². The second kappa shape index (κ2) is 4.14. The van der Waals surface area contributed by atoms with Gasteiger partial charge in [-0.1, -0.05) is 16.8 Å². The van der Waals surface area contributed by atoms with Crippen LogP contribution in [-0.4, -0.2) is 26.1 Å². The van der Waals surface area contributed by atoms with Crippen LogP contribution in [0.2, 0.25) is 5.02 Å². The van der Waals surface area contributed by atoms with Gasteiger partial charge in [0.1, 0.15) is 11.5 Å². The van der Waals surface area contributed by atoms with E-state index in [1.807, 2.05) is 0 Å². The number of nitrogens with zero attached hydrogens (tertiary/aromatic N) is 3. The van der Waals surface area contributed by atoms with Gasteiger partial charge in [0, 0.05) is 5.02 Å². The van der Waals surface area contributed by atoms with Crippen molar-refractivity contribution in [2.45, 2.75) is 6.92 Å². The highest BCUT2D eigenvalue weighted by Gasteiger charge is 2.17. The SMILES string of the molecule is Cc1c(C(=O)O)nnn1-c1ccc(Cl)cc1F. The number of halogens is 2. The Balaban J connectivity index is 2.57. The number of aromatic carboxylic acids is 1. The molecule has 0 bridgehead atoms. The van der Waals surface area contributed by atoms with Gasteiger partial charge < -0.3 is 5.11 Å². The van der Waals surface area contributed by atoms with E-state index in [0.717, 1.165) is 10.7 Å². The van der Waals surface area contributed by atoms with E-state index in [1.54, 1.807) is 0 Å². The summed E-state index contributed by atoms with van der Waals surface area (Å²) in [6.45, 7) is 1.50. The van der Waals surface area contributed by atoms with Gasteiger partial charge in [0.15, 0.2) is 5.69 Å². The molecule has 5 nitrogen and oxygen atoms in total. The Morgan fingerprint density at radius 1 is 1.53 bits per heavy atom. The summed E-state index contributed by atoms with van der Waals surface area (Å²) < 4.78 is 14.7. The molecule has 0 aliphatic carbocycles. The Bertz CT molecular complexity index is 597. The monoisotopic (exact) mass is 255 g/mol. The molecule has 0 unspecified atom stereocenters. The fourth-order valence-corrected chi connectivity index (χ4v) is 1.57. The van der Waals surface area contributed by atoms with Crippen LogP contribution in [-0.2, 0) is 0 Å². The number of carbonyl (C=O) groups is 1. The molecule has 0 saturated carbocycles. The second-order valence-corrected chi connectivity index (χ2v) is 3.77. The first-order valence-electron chi connectivity index (χ1n) is 4.61. The van der Waals surface area contributed by atoms with Crippen molar-refractivity contribution >= 4 is 17.6 Å². The lowest BCUT2D eigenvalue weighted by Crippen LogP contribution is -2.04. The van der Waals surface area contributed by atoms with Crippen LogP contribution in [0.3, 0.4) is 0 Å². The summed E-state index contributed by atoms with van der Waals surface area (Å²) in [7, 11) is 0. The van der Waals surface area contributed by atoms with Crippen LogP contribution in [0.15, 0.2) is 18.2 Å². The van der Waals surface area contributed by atoms with E-state index in [0.29, 0.717) is 0 Å². The molecule has 17 heavy (non-hydrogen) atoms. The summed E-state index contributed by atoms with van der Waals surface area (Å²) >= 11 is 5.62. The maximum absolute atomic E-state index is 13.6. The first-order valence-corrected chi connectivity index (χ1v) is 4.99. The summed E-state index contributed by atoms with van der Waals surface area (Å²) in [5.74, 6) is -1.80. The van der Waals surface area contributed by atoms with Gasteiger partial charge in [0.05, 0.1) is 5.69 Å². The highest BCUT2D eigenvalue weighted by Crippen LogP contribution is 2.19. The van der Waals surface area contributed by atoms with Crippen LogP contribution in [0.4, 0.5) is 4.39 Å².